The molecule has 1 atom stereocenters. The zero-order valence-corrected chi connectivity index (χ0v) is 7.66. The van der Waals surface area contributed by atoms with Crippen LogP contribution in [-0.4, -0.2) is 27.1 Å². The SMILES string of the molecule is C=CC(C)NC(=O)c1n[nH]c(C)n1. The number of rotatable bonds is 3. The molecule has 0 fully saturated rings. The second-order valence-electron chi connectivity index (χ2n) is 2.74. The molecule has 0 aliphatic carbocycles. The molecule has 0 aliphatic heterocycles. The van der Waals surface area contributed by atoms with E-state index in [2.05, 4.69) is 27.1 Å². The van der Waals surface area contributed by atoms with Gasteiger partial charge in [-0.25, -0.2) is 4.98 Å². The molecule has 1 amide bonds. The number of hydrogen-bond acceptors (Lipinski definition) is 3. The summed E-state index contributed by atoms with van der Waals surface area (Å²) in [4.78, 5) is 15.2. The molecule has 1 aromatic heterocycles. The Morgan fingerprint density at radius 2 is 2.46 bits per heavy atom. The van der Waals surface area contributed by atoms with E-state index in [0.717, 1.165) is 0 Å². The fourth-order valence-electron chi connectivity index (χ4n) is 0.775. The Morgan fingerprint density at radius 1 is 1.77 bits per heavy atom. The van der Waals surface area contributed by atoms with Crippen molar-refractivity contribution < 1.29 is 4.79 Å². The van der Waals surface area contributed by atoms with Crippen molar-refractivity contribution in [1.29, 1.82) is 0 Å². The zero-order chi connectivity index (χ0) is 9.84. The van der Waals surface area contributed by atoms with Gasteiger partial charge in [-0.05, 0) is 13.8 Å². The van der Waals surface area contributed by atoms with E-state index in [0.29, 0.717) is 5.82 Å². The molecule has 0 saturated heterocycles. The molecule has 13 heavy (non-hydrogen) atoms. The smallest absolute Gasteiger partial charge is 0.291 e. The molecule has 1 rings (SSSR count). The largest absolute Gasteiger partial charge is 0.343 e. The van der Waals surface area contributed by atoms with Gasteiger partial charge in [0.1, 0.15) is 5.82 Å². The number of amides is 1. The second kappa shape index (κ2) is 3.84. The Hall–Kier alpha value is -1.65. The number of H-pyrrole nitrogens is 1. The highest BCUT2D eigenvalue weighted by atomic mass is 16.2. The average Bonchev–Trinajstić information content (AvgIpc) is 2.51. The first-order valence-electron chi connectivity index (χ1n) is 3.96. The van der Waals surface area contributed by atoms with E-state index in [1.807, 2.05) is 6.92 Å². The summed E-state index contributed by atoms with van der Waals surface area (Å²) in [5.41, 5.74) is 0. The fraction of sp³-hybridized carbons (Fsp3) is 0.375. The third-order valence-electron chi connectivity index (χ3n) is 1.51. The Balaban J connectivity index is 2.63. The molecule has 1 heterocycles. The van der Waals surface area contributed by atoms with Gasteiger partial charge in [-0.15, -0.1) is 11.7 Å². The van der Waals surface area contributed by atoms with Gasteiger partial charge in [0, 0.05) is 6.04 Å². The van der Waals surface area contributed by atoms with Crippen LogP contribution >= 0.6 is 0 Å². The van der Waals surface area contributed by atoms with Crippen LogP contribution in [0.2, 0.25) is 0 Å². The minimum Gasteiger partial charge on any atom is -0.343 e. The minimum absolute atomic E-state index is 0.0775. The lowest BCUT2D eigenvalue weighted by atomic mass is 10.3. The maximum atomic E-state index is 11.3. The standard InChI is InChI=1S/C8H12N4O/c1-4-5(2)9-8(13)7-10-6(3)11-12-7/h4-5H,1H2,2-3H3,(H,9,13)(H,10,11,12). The molecule has 2 N–H and O–H groups in total. The van der Waals surface area contributed by atoms with Gasteiger partial charge in [0.05, 0.1) is 0 Å². The Labute approximate surface area is 76.3 Å². The van der Waals surface area contributed by atoms with E-state index in [9.17, 15) is 4.79 Å². The molecule has 0 aromatic carbocycles. The molecule has 5 heteroatoms. The lowest BCUT2D eigenvalue weighted by Gasteiger charge is -2.05. The third kappa shape index (κ3) is 2.40. The number of aromatic nitrogens is 3. The summed E-state index contributed by atoms with van der Waals surface area (Å²) in [7, 11) is 0. The normalized spacial score (nSPS) is 12.2. The van der Waals surface area contributed by atoms with Crippen molar-refractivity contribution in [3.05, 3.63) is 24.3 Å². The first-order chi connectivity index (χ1) is 6.13. The van der Waals surface area contributed by atoms with E-state index in [-0.39, 0.29) is 17.8 Å². The molecule has 0 saturated carbocycles. The molecule has 1 aromatic rings. The molecule has 1 unspecified atom stereocenters. The third-order valence-corrected chi connectivity index (χ3v) is 1.51. The lowest BCUT2D eigenvalue weighted by Crippen LogP contribution is -2.31. The summed E-state index contributed by atoms with van der Waals surface area (Å²) < 4.78 is 0. The number of nitrogens with one attached hydrogen (secondary N) is 2. The van der Waals surface area contributed by atoms with Gasteiger partial charge in [0.15, 0.2) is 0 Å². The maximum Gasteiger partial charge on any atom is 0.291 e. The van der Waals surface area contributed by atoms with Gasteiger partial charge >= 0.3 is 0 Å². The number of carbonyl (C=O) groups is 1. The number of nitrogens with zero attached hydrogens (tertiary/aromatic N) is 2. The van der Waals surface area contributed by atoms with Gasteiger partial charge in [0.25, 0.3) is 5.91 Å². The molecule has 5 nitrogen and oxygen atoms in total. The van der Waals surface area contributed by atoms with E-state index >= 15 is 0 Å². The van der Waals surface area contributed by atoms with E-state index < -0.39 is 0 Å². The van der Waals surface area contributed by atoms with Gasteiger partial charge in [0.2, 0.25) is 5.82 Å². The van der Waals surface area contributed by atoms with Crippen molar-refractivity contribution in [2.45, 2.75) is 19.9 Å². The number of carbonyl (C=O) groups excluding carboxylic acids is 1. The van der Waals surface area contributed by atoms with Crippen molar-refractivity contribution in [2.24, 2.45) is 0 Å². The number of aryl methyl sites for hydroxylation is 1. The fourth-order valence-corrected chi connectivity index (χ4v) is 0.775. The first kappa shape index (κ1) is 9.44. The Kier molecular flexibility index (Phi) is 2.79. The highest BCUT2D eigenvalue weighted by Gasteiger charge is 2.11. The van der Waals surface area contributed by atoms with Crippen LogP contribution in [-0.2, 0) is 0 Å². The highest BCUT2D eigenvalue weighted by molar-refractivity contribution is 5.90. The number of hydrogen-bond donors (Lipinski definition) is 2. The molecule has 0 aliphatic rings. The second-order valence-corrected chi connectivity index (χ2v) is 2.74. The van der Waals surface area contributed by atoms with Crippen LogP contribution < -0.4 is 5.32 Å². The molecular weight excluding hydrogens is 168 g/mol. The van der Waals surface area contributed by atoms with Crippen LogP contribution in [0, 0.1) is 6.92 Å². The quantitative estimate of drug-likeness (QED) is 0.662. The van der Waals surface area contributed by atoms with Crippen LogP contribution in [0.25, 0.3) is 0 Å². The first-order valence-corrected chi connectivity index (χ1v) is 3.96. The average molecular weight is 180 g/mol. The van der Waals surface area contributed by atoms with E-state index in [1.54, 1.807) is 13.0 Å². The van der Waals surface area contributed by atoms with Crippen LogP contribution in [0.3, 0.4) is 0 Å². The Morgan fingerprint density at radius 3 is 2.92 bits per heavy atom. The molecule has 0 spiro atoms. The summed E-state index contributed by atoms with van der Waals surface area (Å²) in [6.07, 6.45) is 1.64. The number of aromatic amines is 1. The van der Waals surface area contributed by atoms with Crippen LogP contribution in [0.15, 0.2) is 12.7 Å². The molecule has 0 radical (unpaired) electrons. The monoisotopic (exact) mass is 180 g/mol. The highest BCUT2D eigenvalue weighted by Crippen LogP contribution is 1.92. The van der Waals surface area contributed by atoms with Crippen LogP contribution in [0.4, 0.5) is 0 Å². The van der Waals surface area contributed by atoms with Crippen LogP contribution in [0.5, 0.6) is 0 Å². The van der Waals surface area contributed by atoms with Crippen molar-refractivity contribution in [3.8, 4) is 0 Å². The summed E-state index contributed by atoms with van der Waals surface area (Å²) in [6, 6.07) is -0.0775. The Bertz CT molecular complexity index is 318. The summed E-state index contributed by atoms with van der Waals surface area (Å²) in [5, 5.41) is 8.97. The van der Waals surface area contributed by atoms with E-state index in [1.165, 1.54) is 0 Å². The summed E-state index contributed by atoms with van der Waals surface area (Å²) >= 11 is 0. The molecular formula is C8H12N4O. The predicted octanol–water partition coefficient (Wildman–Crippen LogP) is 0.417. The predicted molar refractivity (Wildman–Crippen MR) is 48.2 cm³/mol. The van der Waals surface area contributed by atoms with Crippen molar-refractivity contribution in [1.82, 2.24) is 20.5 Å². The topological polar surface area (TPSA) is 70.7 Å². The zero-order valence-electron chi connectivity index (χ0n) is 7.66. The minimum atomic E-state index is -0.295. The summed E-state index contributed by atoms with van der Waals surface area (Å²) in [5.74, 6) is 0.486. The van der Waals surface area contributed by atoms with Crippen LogP contribution in [0.1, 0.15) is 23.4 Å². The maximum absolute atomic E-state index is 11.3. The summed E-state index contributed by atoms with van der Waals surface area (Å²) in [6.45, 7) is 7.11. The molecule has 0 bridgehead atoms. The van der Waals surface area contributed by atoms with Crippen molar-refractivity contribution in [2.75, 3.05) is 0 Å². The van der Waals surface area contributed by atoms with Gasteiger partial charge in [-0.3, -0.25) is 9.89 Å². The van der Waals surface area contributed by atoms with Gasteiger partial charge in [-0.2, -0.15) is 0 Å². The van der Waals surface area contributed by atoms with Crippen molar-refractivity contribution >= 4 is 5.91 Å². The van der Waals surface area contributed by atoms with Crippen molar-refractivity contribution in [3.63, 3.8) is 0 Å². The molecule has 70 valence electrons. The van der Waals surface area contributed by atoms with Gasteiger partial charge < -0.3 is 5.32 Å². The van der Waals surface area contributed by atoms with E-state index in [4.69, 9.17) is 0 Å². The van der Waals surface area contributed by atoms with Gasteiger partial charge in [-0.1, -0.05) is 6.08 Å². The lowest BCUT2D eigenvalue weighted by molar-refractivity contribution is 0.0937.